The van der Waals surface area contributed by atoms with E-state index < -0.39 is 17.0 Å². The number of likely N-dealkylation sites (tertiary alicyclic amines) is 2. The molecule has 2 fully saturated rings. The molecule has 0 aromatic heterocycles. The second-order valence-electron chi connectivity index (χ2n) is 13.3. The van der Waals surface area contributed by atoms with Gasteiger partial charge in [-0.1, -0.05) is 121 Å². The lowest BCUT2D eigenvalue weighted by Gasteiger charge is -2.41. The van der Waals surface area contributed by atoms with Gasteiger partial charge in [-0.3, -0.25) is 9.80 Å². The number of phenols is 1. The molecule has 5 nitrogen and oxygen atoms in total. The van der Waals surface area contributed by atoms with Gasteiger partial charge in [0.1, 0.15) is 22.8 Å². The van der Waals surface area contributed by atoms with Crippen molar-refractivity contribution < 1.29 is 19.7 Å². The molecule has 2 saturated heterocycles. The first-order valence-corrected chi connectivity index (χ1v) is 17.0. The van der Waals surface area contributed by atoms with E-state index in [9.17, 15) is 15.3 Å². The number of nitrogens with zero attached hydrogens (tertiary/aromatic N) is 2. The van der Waals surface area contributed by atoms with Gasteiger partial charge < -0.3 is 15.3 Å². The van der Waals surface area contributed by atoms with Crippen LogP contribution in [0.5, 0.6) is 5.75 Å². The fraction of sp³-hybridized carbons (Fsp3) is 0.286. The molecule has 48 heavy (non-hydrogen) atoms. The van der Waals surface area contributed by atoms with Crippen molar-refractivity contribution in [1.29, 1.82) is 0 Å². The van der Waals surface area contributed by atoms with E-state index in [4.69, 9.17) is 0 Å². The van der Waals surface area contributed by atoms with E-state index in [1.54, 1.807) is 0 Å². The Morgan fingerprint density at radius 3 is 1.17 bits per heavy atom. The summed E-state index contributed by atoms with van der Waals surface area (Å²) in [6.07, 6.45) is 3.28. The molecular weight excluding hydrogens is 599 g/mol. The molecule has 0 radical (unpaired) electrons. The number of aliphatic hydroxyl groups is 2. The molecule has 0 amide bonds. The third-order valence-corrected chi connectivity index (χ3v) is 10.5. The predicted molar refractivity (Wildman–Crippen MR) is 187 cm³/mol. The molecule has 6 heteroatoms. The number of halogens is 1. The molecule has 0 spiro atoms. The van der Waals surface area contributed by atoms with Gasteiger partial charge in [0.15, 0.2) is 0 Å². The second kappa shape index (κ2) is 13.7. The highest BCUT2D eigenvalue weighted by Crippen LogP contribution is 2.43. The van der Waals surface area contributed by atoms with E-state index in [1.807, 2.05) is 121 Å². The summed E-state index contributed by atoms with van der Waals surface area (Å²) >= 11 is 0. The minimum atomic E-state index is -1.28. The van der Waals surface area contributed by atoms with Gasteiger partial charge >= 0.3 is 0 Å². The first-order valence-electron chi connectivity index (χ1n) is 17.0. The number of hydrogen-bond donors (Lipinski definition) is 3. The van der Waals surface area contributed by atoms with Gasteiger partial charge in [-0.15, -0.1) is 0 Å². The molecule has 7 rings (SSSR count). The lowest BCUT2D eigenvalue weighted by atomic mass is 9.79. The predicted octanol–water partition coefficient (Wildman–Crippen LogP) is 7.33. The van der Waals surface area contributed by atoms with Gasteiger partial charge in [-0.25, -0.2) is 4.39 Å². The van der Waals surface area contributed by atoms with Crippen LogP contribution in [0.25, 0.3) is 0 Å². The van der Waals surface area contributed by atoms with Gasteiger partial charge in [-0.05, 0) is 73.2 Å². The number of aromatic hydroxyl groups is 1. The topological polar surface area (TPSA) is 67.2 Å². The van der Waals surface area contributed by atoms with Crippen LogP contribution in [0.15, 0.2) is 133 Å². The van der Waals surface area contributed by atoms with Crippen molar-refractivity contribution in [2.75, 3.05) is 13.1 Å². The SMILES string of the molecule is Oc1c(CN2CCC[C@H]2C(O)(c2ccccc2)c2ccccc2)cc(F)cc1CN1CCC[C@H]1C(O)(c1ccccc1)c1ccccc1. The van der Waals surface area contributed by atoms with Crippen LogP contribution in [0.1, 0.15) is 59.1 Å². The molecule has 0 aliphatic carbocycles. The third-order valence-electron chi connectivity index (χ3n) is 10.5. The van der Waals surface area contributed by atoms with Crippen LogP contribution in [0.4, 0.5) is 4.39 Å². The first kappa shape index (κ1) is 32.2. The van der Waals surface area contributed by atoms with Gasteiger partial charge in [0, 0.05) is 36.3 Å². The zero-order valence-electron chi connectivity index (χ0n) is 27.1. The van der Waals surface area contributed by atoms with E-state index in [2.05, 4.69) is 9.80 Å². The van der Waals surface area contributed by atoms with Crippen molar-refractivity contribution in [3.05, 3.63) is 173 Å². The molecule has 0 unspecified atom stereocenters. The number of phenolic OH excluding ortho intramolecular Hbond substituents is 1. The Morgan fingerprint density at radius 1 is 0.542 bits per heavy atom. The summed E-state index contributed by atoms with van der Waals surface area (Å²) in [5.41, 5.74) is 1.65. The Kier molecular flexibility index (Phi) is 9.17. The van der Waals surface area contributed by atoms with Crippen LogP contribution in [0, 0.1) is 5.82 Å². The van der Waals surface area contributed by atoms with Crippen molar-refractivity contribution in [1.82, 2.24) is 9.80 Å². The lowest BCUT2D eigenvalue weighted by Crippen LogP contribution is -2.48. The Labute approximate surface area is 282 Å². The average Bonchev–Trinajstić information content (AvgIpc) is 3.81. The van der Waals surface area contributed by atoms with Gasteiger partial charge in [0.2, 0.25) is 0 Å². The molecule has 2 heterocycles. The fourth-order valence-corrected chi connectivity index (χ4v) is 8.25. The van der Waals surface area contributed by atoms with Crippen LogP contribution in [0.3, 0.4) is 0 Å². The van der Waals surface area contributed by atoms with E-state index in [-0.39, 0.29) is 17.8 Å². The van der Waals surface area contributed by atoms with Crippen LogP contribution in [-0.4, -0.2) is 50.3 Å². The first-order chi connectivity index (χ1) is 23.4. The van der Waals surface area contributed by atoms with Crippen LogP contribution < -0.4 is 0 Å². The molecule has 2 aliphatic rings. The van der Waals surface area contributed by atoms with E-state index in [0.29, 0.717) is 37.3 Å². The molecule has 5 aromatic carbocycles. The molecule has 2 atom stereocenters. The Hall–Kier alpha value is -4.33. The van der Waals surface area contributed by atoms with Gasteiger partial charge in [0.05, 0.1) is 0 Å². The van der Waals surface area contributed by atoms with Gasteiger partial charge in [0.25, 0.3) is 0 Å². The summed E-state index contributed by atoms with van der Waals surface area (Å²) in [7, 11) is 0. The maximum atomic E-state index is 15.4. The van der Waals surface area contributed by atoms with E-state index >= 15 is 4.39 Å². The zero-order chi connectivity index (χ0) is 33.1. The summed E-state index contributed by atoms with van der Waals surface area (Å²) in [6, 6.07) is 41.3. The summed E-state index contributed by atoms with van der Waals surface area (Å²) in [6.45, 7) is 2.02. The standard InChI is InChI=1S/C42H43FN2O3/c43-37-27-31(29-44-25-13-23-38(44)41(47,33-15-5-1-6-16-33)34-17-7-2-8-18-34)40(46)32(28-37)30-45-26-14-24-39(45)42(48,35-19-9-3-10-20-35)36-21-11-4-12-22-36/h1-12,15-22,27-28,38-39,46-48H,13-14,23-26,29-30H2/t38-,39-/m0/s1. The van der Waals surface area contributed by atoms with Crippen molar-refractivity contribution >= 4 is 0 Å². The Morgan fingerprint density at radius 2 is 0.854 bits per heavy atom. The molecular formula is C42H43FN2O3. The monoisotopic (exact) mass is 642 g/mol. The average molecular weight is 643 g/mol. The quantitative estimate of drug-likeness (QED) is 0.149. The van der Waals surface area contributed by atoms with Crippen molar-refractivity contribution in [2.24, 2.45) is 0 Å². The minimum absolute atomic E-state index is 0.0682. The maximum absolute atomic E-state index is 15.4. The summed E-state index contributed by atoms with van der Waals surface area (Å²) < 4.78 is 15.4. The van der Waals surface area contributed by atoms with Crippen LogP contribution >= 0.6 is 0 Å². The molecule has 246 valence electrons. The zero-order valence-corrected chi connectivity index (χ0v) is 27.1. The van der Waals surface area contributed by atoms with E-state index in [1.165, 1.54) is 12.1 Å². The number of benzene rings is 5. The van der Waals surface area contributed by atoms with Gasteiger partial charge in [-0.2, -0.15) is 0 Å². The summed E-state index contributed by atoms with van der Waals surface area (Å²) in [5, 5.41) is 36.8. The highest BCUT2D eigenvalue weighted by molar-refractivity contribution is 5.44. The van der Waals surface area contributed by atoms with E-state index in [0.717, 1.165) is 47.9 Å². The normalized spacial score (nSPS) is 19.1. The minimum Gasteiger partial charge on any atom is -0.507 e. The molecule has 0 saturated carbocycles. The summed E-state index contributed by atoms with van der Waals surface area (Å²) in [4.78, 5) is 4.36. The lowest BCUT2D eigenvalue weighted by molar-refractivity contribution is -0.00737. The molecule has 2 aliphatic heterocycles. The highest BCUT2D eigenvalue weighted by atomic mass is 19.1. The molecule has 0 bridgehead atoms. The Bertz CT molecular complexity index is 1590. The number of hydrogen-bond acceptors (Lipinski definition) is 5. The second-order valence-corrected chi connectivity index (χ2v) is 13.3. The van der Waals surface area contributed by atoms with Crippen molar-refractivity contribution in [2.45, 2.75) is 62.1 Å². The number of rotatable bonds is 10. The molecule has 3 N–H and O–H groups in total. The summed E-state index contributed by atoms with van der Waals surface area (Å²) in [5.74, 6) is -0.342. The van der Waals surface area contributed by atoms with Crippen LogP contribution in [-0.2, 0) is 24.3 Å². The largest absolute Gasteiger partial charge is 0.507 e. The van der Waals surface area contributed by atoms with Crippen molar-refractivity contribution in [3.63, 3.8) is 0 Å². The van der Waals surface area contributed by atoms with Crippen molar-refractivity contribution in [3.8, 4) is 5.75 Å². The fourth-order valence-electron chi connectivity index (χ4n) is 8.25. The maximum Gasteiger partial charge on any atom is 0.130 e. The third kappa shape index (κ3) is 5.95. The smallest absolute Gasteiger partial charge is 0.130 e. The van der Waals surface area contributed by atoms with Crippen LogP contribution in [0.2, 0.25) is 0 Å². The highest BCUT2D eigenvalue weighted by Gasteiger charge is 2.47. The Balaban J connectivity index is 1.19. The molecule has 5 aromatic rings.